The third-order valence-corrected chi connectivity index (χ3v) is 2.67. The van der Waals surface area contributed by atoms with Crippen molar-refractivity contribution in [2.24, 2.45) is 5.92 Å². The van der Waals surface area contributed by atoms with Gasteiger partial charge in [-0.2, -0.15) is 5.10 Å². The van der Waals surface area contributed by atoms with E-state index < -0.39 is 0 Å². The lowest BCUT2D eigenvalue weighted by Crippen LogP contribution is -2.31. The van der Waals surface area contributed by atoms with E-state index in [-0.39, 0.29) is 6.03 Å². The standard InChI is InChI=1S/C14H19N5O/c1-11(2)7-16-14(20)18-13-5-3-4-12(6-13)8-19-10-15-9-17-19/h3-6,9-11H,7-8H2,1-2H3,(H2,16,18,20). The molecule has 1 heterocycles. The van der Waals surface area contributed by atoms with Crippen molar-refractivity contribution < 1.29 is 4.79 Å². The van der Waals surface area contributed by atoms with Crippen molar-refractivity contribution in [2.75, 3.05) is 11.9 Å². The maximum absolute atomic E-state index is 11.7. The highest BCUT2D eigenvalue weighted by atomic mass is 16.2. The highest BCUT2D eigenvalue weighted by molar-refractivity contribution is 5.89. The Morgan fingerprint density at radius 1 is 1.40 bits per heavy atom. The number of rotatable bonds is 5. The molecule has 1 aromatic heterocycles. The van der Waals surface area contributed by atoms with Crippen LogP contribution in [0.15, 0.2) is 36.9 Å². The van der Waals surface area contributed by atoms with Crippen LogP contribution >= 0.6 is 0 Å². The van der Waals surface area contributed by atoms with Crippen molar-refractivity contribution in [3.8, 4) is 0 Å². The molecule has 0 spiro atoms. The maximum atomic E-state index is 11.7. The molecule has 0 fully saturated rings. The monoisotopic (exact) mass is 273 g/mol. The molecule has 2 rings (SSSR count). The topological polar surface area (TPSA) is 71.8 Å². The predicted octanol–water partition coefficient (Wildman–Crippen LogP) is 2.10. The van der Waals surface area contributed by atoms with Crippen molar-refractivity contribution >= 4 is 11.7 Å². The number of hydrogen-bond donors (Lipinski definition) is 2. The van der Waals surface area contributed by atoms with Crippen molar-refractivity contribution in [3.05, 3.63) is 42.5 Å². The van der Waals surface area contributed by atoms with Gasteiger partial charge in [-0.05, 0) is 23.6 Å². The van der Waals surface area contributed by atoms with E-state index in [2.05, 4.69) is 34.6 Å². The Labute approximate surface area is 118 Å². The third-order valence-electron chi connectivity index (χ3n) is 2.67. The minimum absolute atomic E-state index is 0.184. The van der Waals surface area contributed by atoms with Gasteiger partial charge in [-0.3, -0.25) is 0 Å². The molecule has 0 bridgehead atoms. The van der Waals surface area contributed by atoms with Gasteiger partial charge in [0.25, 0.3) is 0 Å². The summed E-state index contributed by atoms with van der Waals surface area (Å²) < 4.78 is 1.73. The van der Waals surface area contributed by atoms with Crippen LogP contribution < -0.4 is 10.6 Å². The van der Waals surface area contributed by atoms with E-state index in [9.17, 15) is 4.79 Å². The number of benzene rings is 1. The molecule has 0 unspecified atom stereocenters. The fourth-order valence-electron chi connectivity index (χ4n) is 1.72. The molecular formula is C14H19N5O. The first-order chi connectivity index (χ1) is 9.63. The molecule has 2 amide bonds. The summed E-state index contributed by atoms with van der Waals surface area (Å²) >= 11 is 0. The molecule has 0 aliphatic carbocycles. The van der Waals surface area contributed by atoms with E-state index in [0.717, 1.165) is 11.3 Å². The molecule has 6 heteroatoms. The van der Waals surface area contributed by atoms with Gasteiger partial charge in [0.05, 0.1) is 6.54 Å². The Kier molecular flexibility index (Phi) is 4.70. The predicted molar refractivity (Wildman–Crippen MR) is 77.4 cm³/mol. The molecule has 2 aromatic rings. The Bertz CT molecular complexity index is 550. The van der Waals surface area contributed by atoms with Gasteiger partial charge < -0.3 is 10.6 Å². The summed E-state index contributed by atoms with van der Waals surface area (Å²) in [6.07, 6.45) is 3.16. The number of carbonyl (C=O) groups excluding carboxylic acids is 1. The van der Waals surface area contributed by atoms with Crippen molar-refractivity contribution in [1.29, 1.82) is 0 Å². The summed E-state index contributed by atoms with van der Waals surface area (Å²) in [6.45, 7) is 5.39. The zero-order valence-corrected chi connectivity index (χ0v) is 11.7. The van der Waals surface area contributed by atoms with Crippen LogP contribution in [-0.4, -0.2) is 27.3 Å². The lowest BCUT2D eigenvalue weighted by molar-refractivity contribution is 0.251. The first kappa shape index (κ1) is 14.0. The molecule has 6 nitrogen and oxygen atoms in total. The fraction of sp³-hybridized carbons (Fsp3) is 0.357. The van der Waals surface area contributed by atoms with Gasteiger partial charge in [-0.25, -0.2) is 14.5 Å². The minimum Gasteiger partial charge on any atom is -0.338 e. The zero-order valence-electron chi connectivity index (χ0n) is 11.7. The SMILES string of the molecule is CC(C)CNC(=O)Nc1cccc(Cn2cncn2)c1. The number of nitrogens with zero attached hydrogens (tertiary/aromatic N) is 3. The Balaban J connectivity index is 1.94. The number of hydrogen-bond acceptors (Lipinski definition) is 3. The van der Waals surface area contributed by atoms with Crippen molar-refractivity contribution in [1.82, 2.24) is 20.1 Å². The Morgan fingerprint density at radius 2 is 2.25 bits per heavy atom. The van der Waals surface area contributed by atoms with Gasteiger partial charge in [-0.15, -0.1) is 0 Å². The van der Waals surface area contributed by atoms with Gasteiger partial charge >= 0.3 is 6.03 Å². The normalized spacial score (nSPS) is 10.6. The van der Waals surface area contributed by atoms with Crippen LogP contribution in [0, 0.1) is 5.92 Å². The van der Waals surface area contributed by atoms with Crippen LogP contribution in [0.5, 0.6) is 0 Å². The van der Waals surface area contributed by atoms with Crippen LogP contribution in [0.25, 0.3) is 0 Å². The fourth-order valence-corrected chi connectivity index (χ4v) is 1.72. The average Bonchev–Trinajstić information content (AvgIpc) is 2.89. The number of nitrogens with one attached hydrogen (secondary N) is 2. The largest absolute Gasteiger partial charge is 0.338 e. The van der Waals surface area contributed by atoms with Crippen molar-refractivity contribution in [3.63, 3.8) is 0 Å². The van der Waals surface area contributed by atoms with E-state index in [1.54, 1.807) is 11.0 Å². The third kappa shape index (κ3) is 4.38. The van der Waals surface area contributed by atoms with Gasteiger partial charge in [0.1, 0.15) is 12.7 Å². The quantitative estimate of drug-likeness (QED) is 0.876. The van der Waals surface area contributed by atoms with Gasteiger partial charge in [0.2, 0.25) is 0 Å². The van der Waals surface area contributed by atoms with Crippen LogP contribution in [0.2, 0.25) is 0 Å². The summed E-state index contributed by atoms with van der Waals surface area (Å²) in [4.78, 5) is 15.6. The number of urea groups is 1. The number of carbonyl (C=O) groups is 1. The van der Waals surface area contributed by atoms with Crippen LogP contribution in [-0.2, 0) is 6.54 Å². The minimum atomic E-state index is -0.184. The van der Waals surface area contributed by atoms with E-state index in [4.69, 9.17) is 0 Å². The van der Waals surface area contributed by atoms with E-state index in [1.807, 2.05) is 24.3 Å². The summed E-state index contributed by atoms with van der Waals surface area (Å²) in [5.74, 6) is 0.430. The Hall–Kier alpha value is -2.37. The first-order valence-corrected chi connectivity index (χ1v) is 6.59. The molecule has 0 atom stereocenters. The lowest BCUT2D eigenvalue weighted by Gasteiger charge is -2.10. The van der Waals surface area contributed by atoms with Gasteiger partial charge in [-0.1, -0.05) is 26.0 Å². The second kappa shape index (κ2) is 6.70. The molecular weight excluding hydrogens is 254 g/mol. The van der Waals surface area contributed by atoms with Crippen LogP contribution in [0.3, 0.4) is 0 Å². The van der Waals surface area contributed by atoms with E-state index in [1.165, 1.54) is 6.33 Å². The second-order valence-electron chi connectivity index (χ2n) is 5.02. The van der Waals surface area contributed by atoms with Crippen molar-refractivity contribution in [2.45, 2.75) is 20.4 Å². The molecule has 0 saturated carbocycles. The first-order valence-electron chi connectivity index (χ1n) is 6.59. The average molecular weight is 273 g/mol. The summed E-state index contributed by atoms with van der Waals surface area (Å²) in [7, 11) is 0. The molecule has 20 heavy (non-hydrogen) atoms. The van der Waals surface area contributed by atoms with E-state index >= 15 is 0 Å². The smallest absolute Gasteiger partial charge is 0.319 e. The van der Waals surface area contributed by atoms with E-state index in [0.29, 0.717) is 19.0 Å². The van der Waals surface area contributed by atoms with Crippen LogP contribution in [0.1, 0.15) is 19.4 Å². The highest BCUT2D eigenvalue weighted by Crippen LogP contribution is 2.11. The lowest BCUT2D eigenvalue weighted by atomic mass is 10.2. The second-order valence-corrected chi connectivity index (χ2v) is 5.02. The molecule has 2 N–H and O–H groups in total. The summed E-state index contributed by atoms with van der Waals surface area (Å²) in [6, 6.07) is 7.50. The zero-order chi connectivity index (χ0) is 14.4. The van der Waals surface area contributed by atoms with Gasteiger partial charge in [0.15, 0.2) is 0 Å². The molecule has 0 aliphatic heterocycles. The summed E-state index contributed by atoms with van der Waals surface area (Å²) in [5.41, 5.74) is 1.82. The number of aromatic nitrogens is 3. The molecule has 1 aromatic carbocycles. The molecule has 0 radical (unpaired) electrons. The van der Waals surface area contributed by atoms with Crippen LogP contribution in [0.4, 0.5) is 10.5 Å². The number of anilines is 1. The summed E-state index contributed by atoms with van der Waals surface area (Å²) in [5, 5.41) is 9.70. The highest BCUT2D eigenvalue weighted by Gasteiger charge is 2.03. The molecule has 106 valence electrons. The molecule has 0 aliphatic rings. The molecule has 0 saturated heterocycles. The number of amides is 2. The van der Waals surface area contributed by atoms with Gasteiger partial charge in [0, 0.05) is 12.2 Å². The Morgan fingerprint density at radius 3 is 2.95 bits per heavy atom. The maximum Gasteiger partial charge on any atom is 0.319 e.